The first-order valence-electron chi connectivity index (χ1n) is 12.7. The fourth-order valence-electron chi connectivity index (χ4n) is 4.50. The lowest BCUT2D eigenvalue weighted by atomic mass is 10.0. The number of anilines is 3. The molecule has 1 aromatic carbocycles. The van der Waals surface area contributed by atoms with E-state index in [-0.39, 0.29) is 36.1 Å². The minimum absolute atomic E-state index is 0.172. The third kappa shape index (κ3) is 4.93. The first-order valence-corrected chi connectivity index (χ1v) is 12.7. The number of pyridine rings is 1. The number of hydrogen-bond donors (Lipinski definition) is 3. The molecule has 3 aromatic heterocycles. The normalized spacial score (nSPS) is 17.2. The van der Waals surface area contributed by atoms with E-state index in [9.17, 15) is 14.0 Å². The minimum atomic E-state index is -0.567. The summed E-state index contributed by atoms with van der Waals surface area (Å²) < 4.78 is 26.8. The number of aromatic nitrogens is 4. The van der Waals surface area contributed by atoms with Gasteiger partial charge in [-0.15, -0.1) is 0 Å². The molecule has 40 heavy (non-hydrogen) atoms. The van der Waals surface area contributed by atoms with E-state index in [4.69, 9.17) is 20.2 Å². The number of nitrogens with zero attached hydrogens (tertiary/aromatic N) is 5. The Morgan fingerprint density at radius 2 is 2.02 bits per heavy atom. The molecule has 208 valence electrons. The van der Waals surface area contributed by atoms with Crippen LogP contribution >= 0.6 is 0 Å². The zero-order valence-corrected chi connectivity index (χ0v) is 22.4. The zero-order valence-electron chi connectivity index (χ0n) is 22.4. The summed E-state index contributed by atoms with van der Waals surface area (Å²) in [6.45, 7) is 5.79. The van der Waals surface area contributed by atoms with Crippen molar-refractivity contribution in [3.05, 3.63) is 59.7 Å². The van der Waals surface area contributed by atoms with Gasteiger partial charge in [0.15, 0.2) is 5.65 Å². The SMILES string of the molecule is CCOC(=O)Nc1ccc(-c2c3nc4c(cnn4c2N)C(=O)NCC(C)Oc2ncc(F)cc2C(C)N3C)cc1. The fourth-order valence-corrected chi connectivity index (χ4v) is 4.50. The van der Waals surface area contributed by atoms with E-state index in [0.29, 0.717) is 28.2 Å². The van der Waals surface area contributed by atoms with Gasteiger partial charge in [0.25, 0.3) is 5.91 Å². The van der Waals surface area contributed by atoms with Crippen LogP contribution in [0.2, 0.25) is 0 Å². The topological polar surface area (TPSA) is 149 Å². The van der Waals surface area contributed by atoms with Crippen molar-refractivity contribution in [2.75, 3.05) is 36.1 Å². The maximum atomic E-state index is 14.4. The fraction of sp³-hybridized carbons (Fsp3) is 0.296. The molecule has 2 atom stereocenters. The zero-order chi connectivity index (χ0) is 28.6. The predicted molar refractivity (Wildman–Crippen MR) is 147 cm³/mol. The summed E-state index contributed by atoms with van der Waals surface area (Å²) in [4.78, 5) is 35.8. The standard InChI is InChI=1S/C27H29FN8O4/c1-5-39-27(38)33-18-8-6-16(7-9-18)21-22(29)36-23-20(13-32-36)25(37)30-11-14(2)40-26-19(10-17(28)12-31-26)15(3)35(4)24(21)34-23/h6-10,12-15H,5,11,29H2,1-4H3,(H,30,37)(H,33,38). The third-order valence-corrected chi connectivity index (χ3v) is 6.68. The van der Waals surface area contributed by atoms with Crippen LogP contribution in [0, 0.1) is 5.82 Å². The van der Waals surface area contributed by atoms with Gasteiger partial charge in [0.2, 0.25) is 5.88 Å². The number of ether oxygens (including phenoxy) is 2. The second-order valence-corrected chi connectivity index (χ2v) is 9.39. The number of carbonyl (C=O) groups excluding carboxylic acids is 2. The Kier molecular flexibility index (Phi) is 7.11. The highest BCUT2D eigenvalue weighted by molar-refractivity contribution is 6.01. The van der Waals surface area contributed by atoms with Gasteiger partial charge in [-0.25, -0.2) is 19.2 Å². The van der Waals surface area contributed by atoms with Crippen LogP contribution in [-0.4, -0.2) is 57.9 Å². The van der Waals surface area contributed by atoms with Crippen molar-refractivity contribution < 1.29 is 23.5 Å². The van der Waals surface area contributed by atoms with Crippen molar-refractivity contribution in [3.63, 3.8) is 0 Å². The van der Waals surface area contributed by atoms with Crippen molar-refractivity contribution in [1.29, 1.82) is 0 Å². The van der Waals surface area contributed by atoms with E-state index in [2.05, 4.69) is 20.7 Å². The van der Waals surface area contributed by atoms with Gasteiger partial charge < -0.3 is 25.4 Å². The number of nitrogens with two attached hydrogens (primary N) is 1. The van der Waals surface area contributed by atoms with E-state index >= 15 is 0 Å². The number of nitrogen functional groups attached to an aromatic ring is 1. The van der Waals surface area contributed by atoms with Gasteiger partial charge >= 0.3 is 6.09 Å². The van der Waals surface area contributed by atoms with Crippen LogP contribution in [0.5, 0.6) is 5.88 Å². The van der Waals surface area contributed by atoms with Crippen LogP contribution < -0.4 is 26.0 Å². The Labute approximate surface area is 229 Å². The van der Waals surface area contributed by atoms with Crippen LogP contribution in [0.3, 0.4) is 0 Å². The molecule has 5 rings (SSSR count). The number of fused-ring (bicyclic) bond motifs is 2. The van der Waals surface area contributed by atoms with E-state index in [1.165, 1.54) is 16.8 Å². The number of carbonyl (C=O) groups is 2. The average Bonchev–Trinajstić information content (AvgIpc) is 3.37. The molecule has 2 unspecified atom stereocenters. The Morgan fingerprint density at radius 3 is 2.75 bits per heavy atom. The van der Waals surface area contributed by atoms with E-state index in [1.807, 2.05) is 11.8 Å². The van der Waals surface area contributed by atoms with Gasteiger partial charge in [-0.05, 0) is 44.5 Å². The quantitative estimate of drug-likeness (QED) is 0.348. The summed E-state index contributed by atoms with van der Waals surface area (Å²) in [5.74, 6) is -0.0110. The van der Waals surface area contributed by atoms with Gasteiger partial charge in [-0.1, -0.05) is 12.1 Å². The van der Waals surface area contributed by atoms with Crippen molar-refractivity contribution in [3.8, 4) is 17.0 Å². The van der Waals surface area contributed by atoms with Gasteiger partial charge in [0.05, 0.1) is 37.2 Å². The monoisotopic (exact) mass is 548 g/mol. The summed E-state index contributed by atoms with van der Waals surface area (Å²) >= 11 is 0. The molecule has 4 aromatic rings. The van der Waals surface area contributed by atoms with Crippen LogP contribution in [0.15, 0.2) is 42.7 Å². The van der Waals surface area contributed by atoms with Crippen molar-refractivity contribution in [2.24, 2.45) is 0 Å². The largest absolute Gasteiger partial charge is 0.473 e. The summed E-state index contributed by atoms with van der Waals surface area (Å²) in [6, 6.07) is 7.85. The second kappa shape index (κ2) is 10.7. The van der Waals surface area contributed by atoms with E-state index in [1.54, 1.807) is 45.2 Å². The minimum Gasteiger partial charge on any atom is -0.473 e. The molecule has 2 amide bonds. The summed E-state index contributed by atoms with van der Waals surface area (Å²) in [5.41, 5.74) is 9.39. The first kappa shape index (κ1) is 26.7. The molecule has 12 nitrogen and oxygen atoms in total. The average molecular weight is 549 g/mol. The number of benzene rings is 1. The molecule has 4 heterocycles. The second-order valence-electron chi connectivity index (χ2n) is 9.39. The maximum absolute atomic E-state index is 14.4. The smallest absolute Gasteiger partial charge is 0.411 e. The Bertz CT molecular complexity index is 1590. The number of halogens is 1. The van der Waals surface area contributed by atoms with E-state index in [0.717, 1.165) is 6.20 Å². The van der Waals surface area contributed by atoms with Gasteiger partial charge in [0.1, 0.15) is 29.1 Å². The Morgan fingerprint density at radius 1 is 1.27 bits per heavy atom. The third-order valence-electron chi connectivity index (χ3n) is 6.68. The van der Waals surface area contributed by atoms with Gasteiger partial charge in [-0.2, -0.15) is 9.61 Å². The Balaban J connectivity index is 1.69. The molecule has 0 saturated heterocycles. The molecular formula is C27H29FN8O4. The predicted octanol–water partition coefficient (Wildman–Crippen LogP) is 3.79. The van der Waals surface area contributed by atoms with Crippen LogP contribution in [0.1, 0.15) is 42.7 Å². The molecule has 13 heteroatoms. The molecule has 1 aliphatic rings. The number of rotatable bonds is 3. The summed E-state index contributed by atoms with van der Waals surface area (Å²) in [5, 5.41) is 9.83. The molecule has 0 aliphatic carbocycles. The molecule has 0 spiro atoms. The molecule has 0 saturated carbocycles. The number of nitrogens with one attached hydrogen (secondary N) is 2. The highest BCUT2D eigenvalue weighted by atomic mass is 19.1. The van der Waals surface area contributed by atoms with Gasteiger partial charge in [0, 0.05) is 18.3 Å². The maximum Gasteiger partial charge on any atom is 0.411 e. The lowest BCUT2D eigenvalue weighted by molar-refractivity contribution is 0.0931. The van der Waals surface area contributed by atoms with Crippen LogP contribution in [-0.2, 0) is 4.74 Å². The summed E-state index contributed by atoms with van der Waals surface area (Å²) in [7, 11) is 1.79. The van der Waals surface area contributed by atoms with E-state index < -0.39 is 30.0 Å². The molecule has 4 N–H and O–H groups in total. The first-order chi connectivity index (χ1) is 19.2. The lowest BCUT2D eigenvalue weighted by Gasteiger charge is -2.30. The van der Waals surface area contributed by atoms with Crippen LogP contribution in [0.25, 0.3) is 16.8 Å². The molecule has 0 fully saturated rings. The number of hydrogen-bond acceptors (Lipinski definition) is 9. The molecule has 1 aliphatic heterocycles. The molecular weight excluding hydrogens is 519 g/mol. The van der Waals surface area contributed by atoms with Crippen molar-refractivity contribution >= 4 is 35.0 Å². The highest BCUT2D eigenvalue weighted by Crippen LogP contribution is 2.40. The highest BCUT2D eigenvalue weighted by Gasteiger charge is 2.28. The van der Waals surface area contributed by atoms with Crippen LogP contribution in [0.4, 0.5) is 26.5 Å². The Hall–Kier alpha value is -4.94. The van der Waals surface area contributed by atoms with Gasteiger partial charge in [-0.3, -0.25) is 10.1 Å². The molecule has 0 radical (unpaired) electrons. The van der Waals surface area contributed by atoms with Crippen molar-refractivity contribution in [1.82, 2.24) is 24.9 Å². The molecule has 2 bridgehead atoms. The number of amides is 2. The lowest BCUT2D eigenvalue weighted by Crippen LogP contribution is -2.34. The van der Waals surface area contributed by atoms with Crippen molar-refractivity contribution in [2.45, 2.75) is 32.9 Å². The summed E-state index contributed by atoms with van der Waals surface area (Å²) in [6.07, 6.45) is 1.48.